The second-order valence-corrected chi connectivity index (χ2v) is 7.61. The van der Waals surface area contributed by atoms with Crippen molar-refractivity contribution in [3.05, 3.63) is 77.9 Å². The number of nitrogens with zero attached hydrogens (tertiary/aromatic N) is 2. The first-order chi connectivity index (χ1) is 15.3. The molecule has 0 saturated carbocycles. The number of halogens is 2. The van der Waals surface area contributed by atoms with Crippen LogP contribution in [0.2, 0.25) is 0 Å². The Morgan fingerprint density at radius 1 is 1.03 bits per heavy atom. The third kappa shape index (κ3) is 4.25. The van der Waals surface area contributed by atoms with Crippen LogP contribution < -0.4 is 11.1 Å². The molecule has 2 aromatic carbocycles. The highest BCUT2D eigenvalue weighted by Crippen LogP contribution is 2.38. The van der Waals surface area contributed by atoms with Crippen molar-refractivity contribution in [3.63, 3.8) is 0 Å². The number of anilines is 2. The molecule has 4 rings (SSSR count). The Morgan fingerprint density at radius 3 is 2.50 bits per heavy atom. The molecule has 0 spiro atoms. The molecule has 8 heteroatoms. The molecule has 0 aliphatic rings. The van der Waals surface area contributed by atoms with E-state index in [0.717, 1.165) is 28.6 Å². The highest BCUT2D eigenvalue weighted by Gasteiger charge is 2.20. The van der Waals surface area contributed by atoms with Gasteiger partial charge in [-0.15, -0.1) is 0 Å². The average Bonchev–Trinajstić information content (AvgIpc) is 3.16. The summed E-state index contributed by atoms with van der Waals surface area (Å²) in [6.45, 7) is 3.95. The summed E-state index contributed by atoms with van der Waals surface area (Å²) in [5.41, 5.74) is 10.5. The number of nitrogens with two attached hydrogens (primary N) is 1. The summed E-state index contributed by atoms with van der Waals surface area (Å²) >= 11 is 0. The van der Waals surface area contributed by atoms with E-state index in [1.54, 1.807) is 0 Å². The fraction of sp³-hybridized carbons (Fsp3) is 0.167. The predicted molar refractivity (Wildman–Crippen MR) is 122 cm³/mol. The molecule has 0 aliphatic heterocycles. The first-order valence-electron chi connectivity index (χ1n) is 10.1. The van der Waals surface area contributed by atoms with Crippen LogP contribution in [0.1, 0.15) is 36.3 Å². The molecule has 6 nitrogen and oxygen atoms in total. The molecule has 0 saturated heterocycles. The van der Waals surface area contributed by atoms with Crippen LogP contribution >= 0.6 is 0 Å². The molecule has 32 heavy (non-hydrogen) atoms. The smallest absolute Gasteiger partial charge is 0.264 e. The van der Waals surface area contributed by atoms with E-state index in [9.17, 15) is 13.9 Å². The quantitative estimate of drug-likeness (QED) is 0.305. The summed E-state index contributed by atoms with van der Waals surface area (Å²) in [5.74, 6) is 0.208. The molecule has 0 bridgehead atoms. The van der Waals surface area contributed by atoms with Crippen LogP contribution in [-0.4, -0.2) is 20.1 Å². The maximum atomic E-state index is 13.3. The zero-order valence-electron chi connectivity index (χ0n) is 17.6. The summed E-state index contributed by atoms with van der Waals surface area (Å²) in [5, 5.41) is 13.3. The first-order valence-corrected chi connectivity index (χ1v) is 10.1. The lowest BCUT2D eigenvalue weighted by Crippen LogP contribution is -2.12. The third-order valence-electron chi connectivity index (χ3n) is 5.21. The van der Waals surface area contributed by atoms with E-state index in [-0.39, 0.29) is 23.2 Å². The van der Waals surface area contributed by atoms with Gasteiger partial charge in [-0.25, -0.2) is 18.7 Å². The number of nitrogens with one attached hydrogen (secondary N) is 2. The molecule has 0 aliphatic carbocycles. The standard InChI is InChI=1S/C24H23F2N5O/c1-13-8-19(15-6-4-3-5-7-15)21(30-13)14(2)31-24-20(23(27)28-12-29-24)16-9-17(22(25)26)11-18(32)10-16/h3-12,14,22,30,32H,1-2H3,(H3,27,28,29,31)/t14-/m0/s1. The highest BCUT2D eigenvalue weighted by atomic mass is 19.3. The Kier molecular flexibility index (Phi) is 5.77. The number of aromatic nitrogens is 3. The molecule has 5 N–H and O–H groups in total. The summed E-state index contributed by atoms with van der Waals surface area (Å²) in [4.78, 5) is 11.7. The number of benzene rings is 2. The van der Waals surface area contributed by atoms with Gasteiger partial charge in [-0.2, -0.15) is 0 Å². The minimum Gasteiger partial charge on any atom is -0.508 e. The number of hydrogen-bond acceptors (Lipinski definition) is 5. The Hall–Kier alpha value is -3.94. The molecule has 0 radical (unpaired) electrons. The molecule has 2 aromatic heterocycles. The molecule has 1 atom stereocenters. The third-order valence-corrected chi connectivity index (χ3v) is 5.21. The van der Waals surface area contributed by atoms with Crippen LogP contribution in [-0.2, 0) is 0 Å². The molecule has 164 valence electrons. The van der Waals surface area contributed by atoms with E-state index in [4.69, 9.17) is 5.73 Å². The van der Waals surface area contributed by atoms with Crippen molar-refractivity contribution in [2.24, 2.45) is 0 Å². The molecular weight excluding hydrogens is 412 g/mol. The van der Waals surface area contributed by atoms with Gasteiger partial charge in [0.1, 0.15) is 23.7 Å². The molecule has 4 aromatic rings. The van der Waals surface area contributed by atoms with E-state index in [2.05, 4.69) is 26.3 Å². The zero-order valence-corrected chi connectivity index (χ0v) is 17.6. The zero-order chi connectivity index (χ0) is 22.8. The van der Waals surface area contributed by atoms with Crippen molar-refractivity contribution in [2.75, 3.05) is 11.1 Å². The minimum absolute atomic E-state index is 0.117. The molecular formula is C24H23F2N5O. The number of aryl methyl sites for hydroxylation is 1. The summed E-state index contributed by atoms with van der Waals surface area (Å²) < 4.78 is 26.6. The molecule has 0 unspecified atom stereocenters. The second kappa shape index (κ2) is 8.66. The minimum atomic E-state index is -2.74. The van der Waals surface area contributed by atoms with E-state index in [0.29, 0.717) is 16.9 Å². The topological polar surface area (TPSA) is 99.8 Å². The van der Waals surface area contributed by atoms with Gasteiger partial charge in [0, 0.05) is 22.5 Å². The van der Waals surface area contributed by atoms with Crippen LogP contribution in [0.4, 0.5) is 20.4 Å². The summed E-state index contributed by atoms with van der Waals surface area (Å²) in [6, 6.07) is 15.5. The number of alkyl halides is 2. The van der Waals surface area contributed by atoms with Crippen LogP contribution in [0.25, 0.3) is 22.3 Å². The van der Waals surface area contributed by atoms with Gasteiger partial charge in [0.2, 0.25) is 0 Å². The lowest BCUT2D eigenvalue weighted by atomic mass is 10.0. The molecule has 2 heterocycles. The van der Waals surface area contributed by atoms with Crippen molar-refractivity contribution in [1.82, 2.24) is 15.0 Å². The fourth-order valence-electron chi connectivity index (χ4n) is 3.78. The van der Waals surface area contributed by atoms with Gasteiger partial charge in [-0.3, -0.25) is 0 Å². The monoisotopic (exact) mass is 435 g/mol. The average molecular weight is 435 g/mol. The van der Waals surface area contributed by atoms with Crippen LogP contribution in [0, 0.1) is 6.92 Å². The van der Waals surface area contributed by atoms with Gasteiger partial charge in [0.25, 0.3) is 6.43 Å². The number of rotatable bonds is 6. The summed E-state index contributed by atoms with van der Waals surface area (Å²) in [7, 11) is 0. The van der Waals surface area contributed by atoms with Crippen LogP contribution in [0.15, 0.2) is 60.9 Å². The molecule has 0 fully saturated rings. The second-order valence-electron chi connectivity index (χ2n) is 7.61. The van der Waals surface area contributed by atoms with Gasteiger partial charge < -0.3 is 21.1 Å². The lowest BCUT2D eigenvalue weighted by Gasteiger charge is -2.19. The normalized spacial score (nSPS) is 12.2. The number of hydrogen-bond donors (Lipinski definition) is 4. The number of phenols is 1. The predicted octanol–water partition coefficient (Wildman–Crippen LogP) is 5.85. The van der Waals surface area contributed by atoms with Gasteiger partial charge in [-0.05, 0) is 49.2 Å². The largest absolute Gasteiger partial charge is 0.508 e. The van der Waals surface area contributed by atoms with Crippen molar-refractivity contribution < 1.29 is 13.9 Å². The van der Waals surface area contributed by atoms with Crippen LogP contribution in [0.3, 0.4) is 0 Å². The number of aromatic hydroxyl groups is 1. The summed E-state index contributed by atoms with van der Waals surface area (Å²) in [6.07, 6.45) is -1.43. The Balaban J connectivity index is 1.74. The SMILES string of the molecule is Cc1cc(-c2ccccc2)c([C@H](C)Nc2ncnc(N)c2-c2cc(O)cc(C(F)F)c2)[nH]1. The molecule has 0 amide bonds. The Morgan fingerprint density at radius 2 is 1.78 bits per heavy atom. The number of phenolic OH excluding ortho intramolecular Hbond substituents is 1. The Labute approximate surface area is 184 Å². The van der Waals surface area contributed by atoms with E-state index < -0.39 is 6.43 Å². The number of H-pyrrole nitrogens is 1. The maximum absolute atomic E-state index is 13.3. The highest BCUT2D eigenvalue weighted by molar-refractivity contribution is 5.84. The number of aromatic amines is 1. The first kappa shape index (κ1) is 21.3. The van der Waals surface area contributed by atoms with Crippen molar-refractivity contribution in [2.45, 2.75) is 26.3 Å². The van der Waals surface area contributed by atoms with Crippen LogP contribution in [0.5, 0.6) is 5.75 Å². The van der Waals surface area contributed by atoms with Gasteiger partial charge in [0.05, 0.1) is 11.6 Å². The van der Waals surface area contributed by atoms with E-state index in [1.807, 2.05) is 44.2 Å². The van der Waals surface area contributed by atoms with Gasteiger partial charge in [-0.1, -0.05) is 30.3 Å². The lowest BCUT2D eigenvalue weighted by molar-refractivity contribution is 0.151. The van der Waals surface area contributed by atoms with E-state index >= 15 is 0 Å². The van der Waals surface area contributed by atoms with Gasteiger partial charge >= 0.3 is 0 Å². The van der Waals surface area contributed by atoms with Gasteiger partial charge in [0.15, 0.2) is 0 Å². The number of nitrogen functional groups attached to an aromatic ring is 1. The van der Waals surface area contributed by atoms with Crippen molar-refractivity contribution in [3.8, 4) is 28.0 Å². The van der Waals surface area contributed by atoms with Crippen molar-refractivity contribution >= 4 is 11.6 Å². The Bertz CT molecular complexity index is 1240. The maximum Gasteiger partial charge on any atom is 0.264 e. The van der Waals surface area contributed by atoms with Crippen molar-refractivity contribution in [1.29, 1.82) is 0 Å². The fourth-order valence-corrected chi connectivity index (χ4v) is 3.78. The van der Waals surface area contributed by atoms with E-state index in [1.165, 1.54) is 18.5 Å².